The second-order valence-electron chi connectivity index (χ2n) is 6.10. The number of amides is 1. The second kappa shape index (κ2) is 6.11. The van der Waals surface area contributed by atoms with Gasteiger partial charge in [0.1, 0.15) is 17.0 Å². The molecule has 0 saturated carbocycles. The van der Waals surface area contributed by atoms with Gasteiger partial charge in [0.25, 0.3) is 5.91 Å². The van der Waals surface area contributed by atoms with Crippen LogP contribution in [0.1, 0.15) is 28.8 Å². The van der Waals surface area contributed by atoms with Gasteiger partial charge in [0.15, 0.2) is 0 Å². The molecule has 0 aromatic carbocycles. The average Bonchev–Trinajstić information content (AvgIpc) is 3.25. The fraction of sp³-hybridized carbons (Fsp3) is 0.158. The molecule has 0 aliphatic carbocycles. The molecule has 4 rings (SSSR count). The molecule has 0 atom stereocenters. The van der Waals surface area contributed by atoms with Gasteiger partial charge in [-0.25, -0.2) is 4.98 Å². The predicted molar refractivity (Wildman–Crippen MR) is 98.6 cm³/mol. The molecule has 4 aromatic heterocycles. The number of nitrogens with two attached hydrogens (primary N) is 1. The summed E-state index contributed by atoms with van der Waals surface area (Å²) >= 11 is 0. The first-order chi connectivity index (χ1) is 12.6. The molecule has 7 heteroatoms. The molecule has 1 amide bonds. The Bertz CT molecular complexity index is 1120. The SMILES string of the molecule is CCc1[nH]nc(-c2cccc(C)n2)c1-c1ccc2ncc(C(N)=O)n2c1. The van der Waals surface area contributed by atoms with E-state index in [1.807, 2.05) is 43.5 Å². The smallest absolute Gasteiger partial charge is 0.267 e. The van der Waals surface area contributed by atoms with Gasteiger partial charge in [-0.05, 0) is 37.6 Å². The molecule has 0 saturated heterocycles. The molecule has 0 aliphatic rings. The van der Waals surface area contributed by atoms with Crippen LogP contribution >= 0.6 is 0 Å². The highest BCUT2D eigenvalue weighted by Crippen LogP contribution is 2.33. The molecule has 0 spiro atoms. The Labute approximate surface area is 149 Å². The van der Waals surface area contributed by atoms with Crippen LogP contribution in [-0.2, 0) is 6.42 Å². The number of hydrogen-bond acceptors (Lipinski definition) is 4. The van der Waals surface area contributed by atoms with Gasteiger partial charge in [-0.15, -0.1) is 0 Å². The molecule has 0 fully saturated rings. The quantitative estimate of drug-likeness (QED) is 0.593. The Hall–Kier alpha value is -3.48. The maximum Gasteiger partial charge on any atom is 0.267 e. The summed E-state index contributed by atoms with van der Waals surface area (Å²) in [5, 5.41) is 7.61. The molecule has 3 N–H and O–H groups in total. The molecule has 7 nitrogen and oxygen atoms in total. The Kier molecular flexibility index (Phi) is 3.76. The number of primary amides is 1. The van der Waals surface area contributed by atoms with E-state index < -0.39 is 5.91 Å². The van der Waals surface area contributed by atoms with Crippen LogP contribution in [0.2, 0.25) is 0 Å². The van der Waals surface area contributed by atoms with Crippen molar-refractivity contribution in [2.24, 2.45) is 5.73 Å². The minimum atomic E-state index is -0.516. The number of hydrogen-bond donors (Lipinski definition) is 2. The summed E-state index contributed by atoms with van der Waals surface area (Å²) in [6.45, 7) is 4.02. The molecule has 26 heavy (non-hydrogen) atoms. The third kappa shape index (κ3) is 2.54. The minimum absolute atomic E-state index is 0.346. The third-order valence-electron chi connectivity index (χ3n) is 4.37. The van der Waals surface area contributed by atoms with Crippen LogP contribution in [0.25, 0.3) is 28.2 Å². The topological polar surface area (TPSA) is 102 Å². The van der Waals surface area contributed by atoms with Crippen molar-refractivity contribution in [3.05, 3.63) is 59.8 Å². The van der Waals surface area contributed by atoms with Crippen molar-refractivity contribution in [3.8, 4) is 22.5 Å². The molecule has 4 heterocycles. The van der Waals surface area contributed by atoms with Crippen LogP contribution in [-0.4, -0.2) is 30.5 Å². The maximum atomic E-state index is 11.7. The van der Waals surface area contributed by atoms with Gasteiger partial charge in [-0.1, -0.05) is 13.0 Å². The number of pyridine rings is 2. The van der Waals surface area contributed by atoms with Crippen LogP contribution in [0.5, 0.6) is 0 Å². The Morgan fingerprint density at radius 3 is 2.85 bits per heavy atom. The van der Waals surface area contributed by atoms with Crippen LogP contribution < -0.4 is 5.73 Å². The van der Waals surface area contributed by atoms with Gasteiger partial charge in [-0.2, -0.15) is 5.10 Å². The lowest BCUT2D eigenvalue weighted by Crippen LogP contribution is -2.13. The maximum absolute atomic E-state index is 11.7. The van der Waals surface area contributed by atoms with Gasteiger partial charge >= 0.3 is 0 Å². The van der Waals surface area contributed by atoms with Crippen molar-refractivity contribution in [2.75, 3.05) is 0 Å². The van der Waals surface area contributed by atoms with E-state index in [4.69, 9.17) is 5.73 Å². The number of carbonyl (C=O) groups excluding carboxylic acids is 1. The highest BCUT2D eigenvalue weighted by molar-refractivity contribution is 5.92. The zero-order valence-electron chi connectivity index (χ0n) is 14.5. The van der Waals surface area contributed by atoms with Gasteiger partial charge < -0.3 is 5.73 Å². The van der Waals surface area contributed by atoms with E-state index in [1.54, 1.807) is 4.40 Å². The normalized spacial score (nSPS) is 11.2. The standard InChI is InChI=1S/C19H18N6O/c1-3-13-17(18(24-23-13)14-6-4-5-11(2)22-14)12-7-8-16-21-9-15(19(20)26)25(16)10-12/h4-10H,3H2,1-2H3,(H2,20,26)(H,23,24). The van der Waals surface area contributed by atoms with Crippen molar-refractivity contribution >= 4 is 11.6 Å². The van der Waals surface area contributed by atoms with Crippen molar-refractivity contribution < 1.29 is 4.79 Å². The van der Waals surface area contributed by atoms with Gasteiger partial charge in [-0.3, -0.25) is 19.3 Å². The lowest BCUT2D eigenvalue weighted by Gasteiger charge is -2.07. The number of nitrogens with zero attached hydrogens (tertiary/aromatic N) is 4. The van der Waals surface area contributed by atoms with Crippen LogP contribution in [0.4, 0.5) is 0 Å². The average molecular weight is 346 g/mol. The molecular weight excluding hydrogens is 328 g/mol. The first-order valence-electron chi connectivity index (χ1n) is 8.37. The molecule has 0 unspecified atom stereocenters. The number of imidazole rings is 1. The summed E-state index contributed by atoms with van der Waals surface area (Å²) in [5.41, 5.74) is 11.9. The highest BCUT2D eigenvalue weighted by atomic mass is 16.1. The van der Waals surface area contributed by atoms with Crippen molar-refractivity contribution in [3.63, 3.8) is 0 Å². The molecule has 130 valence electrons. The monoisotopic (exact) mass is 346 g/mol. The first kappa shape index (κ1) is 16.0. The number of rotatable bonds is 4. The van der Waals surface area contributed by atoms with Crippen LogP contribution in [0, 0.1) is 6.92 Å². The predicted octanol–water partition coefficient (Wildman–Crippen LogP) is 2.76. The lowest BCUT2D eigenvalue weighted by molar-refractivity contribution is 0.0995. The van der Waals surface area contributed by atoms with E-state index in [1.165, 1.54) is 6.20 Å². The summed E-state index contributed by atoms with van der Waals surface area (Å²) < 4.78 is 1.71. The van der Waals surface area contributed by atoms with Gasteiger partial charge in [0.2, 0.25) is 0 Å². The number of fused-ring (bicyclic) bond motifs is 1. The number of aromatic amines is 1. The van der Waals surface area contributed by atoms with Crippen LogP contribution in [0.3, 0.4) is 0 Å². The van der Waals surface area contributed by atoms with E-state index in [9.17, 15) is 4.79 Å². The Morgan fingerprint density at radius 2 is 2.12 bits per heavy atom. The van der Waals surface area contributed by atoms with Crippen molar-refractivity contribution in [1.29, 1.82) is 0 Å². The largest absolute Gasteiger partial charge is 0.364 e. The summed E-state index contributed by atoms with van der Waals surface area (Å²) in [7, 11) is 0. The van der Waals surface area contributed by atoms with Crippen LogP contribution in [0.15, 0.2) is 42.7 Å². The number of nitrogens with one attached hydrogen (secondary N) is 1. The minimum Gasteiger partial charge on any atom is -0.364 e. The summed E-state index contributed by atoms with van der Waals surface area (Å²) in [4.78, 5) is 20.5. The van der Waals surface area contributed by atoms with E-state index >= 15 is 0 Å². The second-order valence-corrected chi connectivity index (χ2v) is 6.10. The molecule has 0 radical (unpaired) electrons. The number of carbonyl (C=O) groups is 1. The summed E-state index contributed by atoms with van der Waals surface area (Å²) in [6, 6.07) is 9.69. The van der Waals surface area contributed by atoms with Gasteiger partial charge in [0.05, 0.1) is 11.9 Å². The molecule has 0 aliphatic heterocycles. The Balaban J connectivity index is 1.95. The third-order valence-corrected chi connectivity index (χ3v) is 4.37. The van der Waals surface area contributed by atoms with E-state index in [2.05, 4.69) is 27.1 Å². The molecule has 4 aromatic rings. The van der Waals surface area contributed by atoms with Gasteiger partial charge in [0, 0.05) is 28.7 Å². The lowest BCUT2D eigenvalue weighted by atomic mass is 10.0. The van der Waals surface area contributed by atoms with Crippen molar-refractivity contribution in [2.45, 2.75) is 20.3 Å². The summed E-state index contributed by atoms with van der Waals surface area (Å²) in [6.07, 6.45) is 4.14. The number of H-pyrrole nitrogens is 1. The van der Waals surface area contributed by atoms with E-state index in [0.717, 1.165) is 40.3 Å². The highest BCUT2D eigenvalue weighted by Gasteiger charge is 2.18. The van der Waals surface area contributed by atoms with Crippen molar-refractivity contribution in [1.82, 2.24) is 24.6 Å². The number of aromatic nitrogens is 5. The zero-order chi connectivity index (χ0) is 18.3. The van der Waals surface area contributed by atoms with E-state index in [-0.39, 0.29) is 0 Å². The molecule has 0 bridgehead atoms. The zero-order valence-corrected chi connectivity index (χ0v) is 14.5. The first-order valence-corrected chi connectivity index (χ1v) is 8.37. The van der Waals surface area contributed by atoms with E-state index in [0.29, 0.717) is 11.3 Å². The molecular formula is C19H18N6O. The fourth-order valence-electron chi connectivity index (χ4n) is 3.12. The number of aryl methyl sites for hydroxylation is 2. The fourth-order valence-corrected chi connectivity index (χ4v) is 3.12. The summed E-state index contributed by atoms with van der Waals surface area (Å²) in [5.74, 6) is -0.516. The Morgan fingerprint density at radius 1 is 1.27 bits per heavy atom.